The van der Waals surface area contributed by atoms with E-state index in [4.69, 9.17) is 16.3 Å². The molecule has 0 aliphatic heterocycles. The monoisotopic (exact) mass is 259 g/mol. The molecular weight excluding hydrogens is 238 g/mol. The van der Waals surface area contributed by atoms with Gasteiger partial charge in [-0.25, -0.2) is 0 Å². The average Bonchev–Trinajstić information content (AvgIpc) is 2.54. The van der Waals surface area contributed by atoms with Crippen molar-refractivity contribution in [2.45, 2.75) is 46.6 Å². The van der Waals surface area contributed by atoms with Crippen LogP contribution in [-0.4, -0.2) is 28.0 Å². The van der Waals surface area contributed by atoms with Gasteiger partial charge in [-0.15, -0.1) is 10.2 Å². The van der Waals surface area contributed by atoms with Crippen LogP contribution in [0.3, 0.4) is 0 Å². The Morgan fingerprint density at radius 3 is 2.47 bits per heavy atom. The summed E-state index contributed by atoms with van der Waals surface area (Å²) in [7, 11) is 0. The van der Waals surface area contributed by atoms with Crippen molar-refractivity contribution in [3.8, 4) is 0 Å². The zero-order valence-electron chi connectivity index (χ0n) is 11.3. The maximum atomic E-state index is 6.03. The molecule has 0 fully saturated rings. The van der Waals surface area contributed by atoms with Crippen molar-refractivity contribution < 1.29 is 4.74 Å². The van der Waals surface area contributed by atoms with E-state index in [-0.39, 0.29) is 5.41 Å². The second-order valence-corrected chi connectivity index (χ2v) is 6.00. The third kappa shape index (κ3) is 4.28. The van der Waals surface area contributed by atoms with Gasteiger partial charge in [0, 0.05) is 12.0 Å². The van der Waals surface area contributed by atoms with Crippen LogP contribution in [0.1, 0.15) is 40.4 Å². The van der Waals surface area contributed by atoms with Gasteiger partial charge in [-0.2, -0.15) is 0 Å². The molecule has 0 saturated heterocycles. The Balaban J connectivity index is 2.61. The maximum Gasteiger partial charge on any atom is 0.225 e. The van der Waals surface area contributed by atoms with E-state index in [2.05, 4.69) is 44.8 Å². The predicted molar refractivity (Wildman–Crippen MR) is 69.4 cm³/mol. The fourth-order valence-electron chi connectivity index (χ4n) is 1.51. The first-order valence-electron chi connectivity index (χ1n) is 5.99. The molecule has 1 rings (SSSR count). The number of ether oxygens (including phenoxy) is 1. The van der Waals surface area contributed by atoms with E-state index in [0.717, 1.165) is 12.4 Å². The fourth-order valence-corrected chi connectivity index (χ4v) is 1.71. The summed E-state index contributed by atoms with van der Waals surface area (Å²) in [5.74, 6) is 1.45. The first kappa shape index (κ1) is 14.5. The molecule has 0 unspecified atom stereocenters. The van der Waals surface area contributed by atoms with Crippen LogP contribution in [0, 0.1) is 5.92 Å². The molecule has 17 heavy (non-hydrogen) atoms. The van der Waals surface area contributed by atoms with Crippen LogP contribution in [0.4, 0.5) is 0 Å². The molecule has 1 aromatic rings. The van der Waals surface area contributed by atoms with Gasteiger partial charge >= 0.3 is 0 Å². The highest BCUT2D eigenvalue weighted by Crippen LogP contribution is 2.22. The summed E-state index contributed by atoms with van der Waals surface area (Å²) in [5.41, 5.74) is -0.0574. The quantitative estimate of drug-likeness (QED) is 0.764. The molecular formula is C12H22ClN3O. The van der Waals surface area contributed by atoms with Crippen LogP contribution in [0.15, 0.2) is 0 Å². The number of nitrogens with zero attached hydrogens (tertiary/aromatic N) is 3. The zero-order valence-corrected chi connectivity index (χ0v) is 12.1. The second-order valence-electron chi connectivity index (χ2n) is 5.66. The number of hydrogen-bond acceptors (Lipinski definition) is 3. The number of aromatic nitrogens is 3. The average molecular weight is 260 g/mol. The van der Waals surface area contributed by atoms with Gasteiger partial charge in [0.15, 0.2) is 0 Å². The first-order valence-corrected chi connectivity index (χ1v) is 6.37. The molecule has 0 radical (unpaired) electrons. The summed E-state index contributed by atoms with van der Waals surface area (Å²) < 4.78 is 7.47. The lowest BCUT2D eigenvalue weighted by molar-refractivity contribution is 0.102. The largest absolute Gasteiger partial charge is 0.379 e. The lowest BCUT2D eigenvalue weighted by Crippen LogP contribution is -2.21. The van der Waals surface area contributed by atoms with E-state index in [0.29, 0.717) is 24.4 Å². The van der Waals surface area contributed by atoms with Crippen LogP contribution in [0.2, 0.25) is 5.28 Å². The van der Waals surface area contributed by atoms with Crippen LogP contribution >= 0.6 is 11.6 Å². The maximum absolute atomic E-state index is 6.03. The van der Waals surface area contributed by atoms with Gasteiger partial charge < -0.3 is 4.74 Å². The van der Waals surface area contributed by atoms with Crippen molar-refractivity contribution in [3.05, 3.63) is 11.1 Å². The van der Waals surface area contributed by atoms with Crippen molar-refractivity contribution in [2.24, 2.45) is 5.92 Å². The Labute approximate surface area is 108 Å². The molecule has 0 atom stereocenters. The summed E-state index contributed by atoms with van der Waals surface area (Å²) >= 11 is 6.03. The number of halogens is 1. The summed E-state index contributed by atoms with van der Waals surface area (Å²) in [4.78, 5) is 0. The van der Waals surface area contributed by atoms with E-state index in [1.54, 1.807) is 0 Å². The van der Waals surface area contributed by atoms with Crippen molar-refractivity contribution in [1.82, 2.24) is 14.8 Å². The third-order valence-corrected chi connectivity index (χ3v) is 2.57. The molecule has 0 aliphatic rings. The van der Waals surface area contributed by atoms with E-state index in [1.807, 2.05) is 4.57 Å². The molecule has 0 spiro atoms. The smallest absolute Gasteiger partial charge is 0.225 e. The van der Waals surface area contributed by atoms with E-state index < -0.39 is 0 Å². The van der Waals surface area contributed by atoms with Gasteiger partial charge in [0.1, 0.15) is 5.82 Å². The highest BCUT2D eigenvalue weighted by atomic mass is 35.5. The topological polar surface area (TPSA) is 39.9 Å². The van der Waals surface area contributed by atoms with Crippen molar-refractivity contribution in [1.29, 1.82) is 0 Å². The van der Waals surface area contributed by atoms with Crippen molar-refractivity contribution in [2.75, 3.05) is 13.2 Å². The molecule has 5 heteroatoms. The predicted octanol–water partition coefficient (Wildman–Crippen LogP) is 2.90. The minimum Gasteiger partial charge on any atom is -0.379 e. The van der Waals surface area contributed by atoms with Gasteiger partial charge in [0.25, 0.3) is 0 Å². The molecule has 0 aliphatic carbocycles. The van der Waals surface area contributed by atoms with Crippen molar-refractivity contribution in [3.63, 3.8) is 0 Å². The van der Waals surface area contributed by atoms with Gasteiger partial charge in [0.05, 0.1) is 13.2 Å². The molecule has 1 aromatic heterocycles. The molecule has 1 heterocycles. The van der Waals surface area contributed by atoms with Crippen LogP contribution in [-0.2, 0) is 16.7 Å². The second kappa shape index (κ2) is 5.83. The Hall–Kier alpha value is -0.610. The summed E-state index contributed by atoms with van der Waals surface area (Å²) in [6, 6.07) is 0. The van der Waals surface area contributed by atoms with E-state index in [9.17, 15) is 0 Å². The van der Waals surface area contributed by atoms with Crippen LogP contribution in [0.5, 0.6) is 0 Å². The lowest BCUT2D eigenvalue weighted by atomic mass is 9.96. The van der Waals surface area contributed by atoms with Gasteiger partial charge in [-0.1, -0.05) is 34.6 Å². The normalized spacial score (nSPS) is 12.4. The highest BCUT2D eigenvalue weighted by molar-refractivity contribution is 6.28. The summed E-state index contributed by atoms with van der Waals surface area (Å²) in [6.07, 6.45) is 0. The van der Waals surface area contributed by atoms with Gasteiger partial charge in [0.2, 0.25) is 5.28 Å². The SMILES string of the molecule is CC(C)COCCn1c(Cl)nnc1C(C)(C)C. The third-order valence-electron chi connectivity index (χ3n) is 2.29. The Morgan fingerprint density at radius 1 is 1.29 bits per heavy atom. The summed E-state index contributed by atoms with van der Waals surface area (Å²) in [5, 5.41) is 8.48. The zero-order chi connectivity index (χ0) is 13.1. The highest BCUT2D eigenvalue weighted by Gasteiger charge is 2.22. The van der Waals surface area contributed by atoms with E-state index >= 15 is 0 Å². The van der Waals surface area contributed by atoms with Gasteiger partial charge in [-0.3, -0.25) is 4.57 Å². The number of hydrogen-bond donors (Lipinski definition) is 0. The molecule has 0 bridgehead atoms. The molecule has 0 N–H and O–H groups in total. The minimum atomic E-state index is -0.0574. The van der Waals surface area contributed by atoms with Crippen molar-refractivity contribution >= 4 is 11.6 Å². The van der Waals surface area contributed by atoms with Crippen LogP contribution in [0.25, 0.3) is 0 Å². The molecule has 0 saturated carbocycles. The van der Waals surface area contributed by atoms with Gasteiger partial charge in [-0.05, 0) is 17.5 Å². The lowest BCUT2D eigenvalue weighted by Gasteiger charge is -2.19. The Kier molecular flexibility index (Phi) is 4.95. The number of rotatable bonds is 5. The fraction of sp³-hybridized carbons (Fsp3) is 0.833. The first-order chi connectivity index (χ1) is 7.82. The van der Waals surface area contributed by atoms with Crippen LogP contribution < -0.4 is 0 Å². The van der Waals surface area contributed by atoms with E-state index in [1.165, 1.54) is 0 Å². The molecule has 4 nitrogen and oxygen atoms in total. The molecule has 0 aromatic carbocycles. The molecule has 0 amide bonds. The molecule has 98 valence electrons. The Morgan fingerprint density at radius 2 is 1.94 bits per heavy atom. The Bertz CT molecular complexity index is 355. The summed E-state index contributed by atoms with van der Waals surface area (Å²) in [6.45, 7) is 12.7. The minimum absolute atomic E-state index is 0.0574. The standard InChI is InChI=1S/C12H22ClN3O/c1-9(2)8-17-7-6-16-10(12(3,4)5)14-15-11(16)13/h9H,6-8H2,1-5H3.